The third kappa shape index (κ3) is 3.90. The highest BCUT2D eigenvalue weighted by atomic mass is 17.2. The summed E-state index contributed by atoms with van der Waals surface area (Å²) in [6.07, 6.45) is -6.36. The molecule has 0 aliphatic carbocycles. The molecule has 140 valence electrons. The molecule has 4 N–H and O–H groups in total. The van der Waals surface area contributed by atoms with Gasteiger partial charge in [-0.25, -0.2) is 14.6 Å². The van der Waals surface area contributed by atoms with Gasteiger partial charge in [-0.3, -0.25) is 14.3 Å². The van der Waals surface area contributed by atoms with Crippen LogP contribution in [0.25, 0.3) is 0 Å². The lowest BCUT2D eigenvalue weighted by Crippen LogP contribution is -2.40. The maximum atomic E-state index is 11.8. The molecule has 5 atom stereocenters. The van der Waals surface area contributed by atoms with Crippen molar-refractivity contribution in [3.8, 4) is 0 Å². The summed E-state index contributed by atoms with van der Waals surface area (Å²) < 4.78 is 6.24. The molecule has 1 saturated heterocycles. The summed E-state index contributed by atoms with van der Waals surface area (Å²) in [5, 5.41) is 30.2. The third-order valence-electron chi connectivity index (χ3n) is 3.92. The predicted octanol–water partition coefficient (Wildman–Crippen LogP) is -1.38. The van der Waals surface area contributed by atoms with E-state index in [9.17, 15) is 24.9 Å². The summed E-state index contributed by atoms with van der Waals surface area (Å²) in [6.45, 7) is 0.0477. The van der Waals surface area contributed by atoms with Crippen molar-refractivity contribution in [2.24, 2.45) is 0 Å². The van der Waals surface area contributed by atoms with E-state index in [1.807, 2.05) is 23.2 Å². The van der Waals surface area contributed by atoms with Gasteiger partial charge < -0.3 is 20.1 Å². The van der Waals surface area contributed by atoms with E-state index in [1.165, 1.54) is 0 Å². The van der Waals surface area contributed by atoms with Gasteiger partial charge in [0.05, 0.1) is 0 Å². The molecular formula is C16H18N2O8. The zero-order chi connectivity index (χ0) is 18.7. The van der Waals surface area contributed by atoms with E-state index in [4.69, 9.17) is 14.5 Å². The third-order valence-corrected chi connectivity index (χ3v) is 3.92. The minimum Gasteiger partial charge on any atom is -0.387 e. The van der Waals surface area contributed by atoms with Gasteiger partial charge in [-0.2, -0.15) is 0 Å². The summed E-state index contributed by atoms with van der Waals surface area (Å²) in [6, 6.07) is 10.1. The number of hydrogen-bond acceptors (Lipinski definition) is 8. The number of aromatic nitrogens is 2. The predicted molar refractivity (Wildman–Crippen MR) is 85.6 cm³/mol. The van der Waals surface area contributed by atoms with Gasteiger partial charge in [0.15, 0.2) is 6.23 Å². The number of aliphatic hydroxyl groups is 3. The molecule has 1 aliphatic heterocycles. The molecule has 2 aromatic rings. The van der Waals surface area contributed by atoms with Crippen molar-refractivity contribution in [3.63, 3.8) is 0 Å². The van der Waals surface area contributed by atoms with Gasteiger partial charge in [0.1, 0.15) is 24.9 Å². The molecule has 0 bridgehead atoms. The SMILES string of the molecule is O=c1ccn([C@@H]2O[C@H](C(O)OOCc3ccccc3)[C@@H](O)[C@H]2O)c(=O)[nH]1. The second kappa shape index (κ2) is 7.91. The average Bonchev–Trinajstić information content (AvgIpc) is 2.91. The fraction of sp³-hybridized carbons (Fsp3) is 0.375. The van der Waals surface area contributed by atoms with E-state index in [2.05, 4.69) is 0 Å². The van der Waals surface area contributed by atoms with Crippen molar-refractivity contribution in [1.29, 1.82) is 0 Å². The number of aromatic amines is 1. The number of aliphatic hydroxyl groups excluding tert-OH is 3. The van der Waals surface area contributed by atoms with Crippen LogP contribution in [0, 0.1) is 0 Å². The summed E-state index contributed by atoms with van der Waals surface area (Å²) in [4.78, 5) is 34.6. The van der Waals surface area contributed by atoms with Crippen molar-refractivity contribution >= 4 is 0 Å². The Hall–Kier alpha value is -2.34. The Balaban J connectivity index is 1.63. The number of H-pyrrole nitrogens is 1. The van der Waals surface area contributed by atoms with Crippen molar-refractivity contribution < 1.29 is 29.8 Å². The summed E-state index contributed by atoms with van der Waals surface area (Å²) in [5.41, 5.74) is -0.649. The second-order valence-corrected chi connectivity index (χ2v) is 5.72. The van der Waals surface area contributed by atoms with Gasteiger partial charge in [-0.1, -0.05) is 30.3 Å². The van der Waals surface area contributed by atoms with Crippen LogP contribution >= 0.6 is 0 Å². The maximum Gasteiger partial charge on any atom is 0.330 e. The van der Waals surface area contributed by atoms with E-state index in [0.717, 1.165) is 22.4 Å². The molecule has 0 radical (unpaired) electrons. The molecule has 1 aliphatic rings. The highest BCUT2D eigenvalue weighted by Gasteiger charge is 2.48. The zero-order valence-corrected chi connectivity index (χ0v) is 13.5. The minimum absolute atomic E-state index is 0.0477. The largest absolute Gasteiger partial charge is 0.387 e. The van der Waals surface area contributed by atoms with Crippen LogP contribution in [0.4, 0.5) is 0 Å². The first-order chi connectivity index (χ1) is 12.5. The Bertz CT molecular complexity index is 836. The first kappa shape index (κ1) is 18.5. The van der Waals surface area contributed by atoms with E-state index in [1.54, 1.807) is 12.1 Å². The molecule has 1 aromatic carbocycles. The van der Waals surface area contributed by atoms with Crippen LogP contribution in [0.5, 0.6) is 0 Å². The molecule has 1 fully saturated rings. The normalized spacial score (nSPS) is 26.7. The van der Waals surface area contributed by atoms with Gasteiger partial charge in [0, 0.05) is 12.3 Å². The summed E-state index contributed by atoms with van der Waals surface area (Å²) in [7, 11) is 0. The molecule has 10 nitrogen and oxygen atoms in total. The fourth-order valence-corrected chi connectivity index (χ4v) is 2.58. The summed E-state index contributed by atoms with van der Waals surface area (Å²) >= 11 is 0. The van der Waals surface area contributed by atoms with Crippen LogP contribution in [0.2, 0.25) is 0 Å². The Morgan fingerprint density at radius 1 is 1.15 bits per heavy atom. The van der Waals surface area contributed by atoms with Crippen molar-refractivity contribution in [1.82, 2.24) is 9.55 Å². The number of ether oxygens (including phenoxy) is 1. The Labute approximate surface area is 146 Å². The fourth-order valence-electron chi connectivity index (χ4n) is 2.58. The Morgan fingerprint density at radius 2 is 1.88 bits per heavy atom. The van der Waals surface area contributed by atoms with E-state index >= 15 is 0 Å². The maximum absolute atomic E-state index is 11.8. The first-order valence-corrected chi connectivity index (χ1v) is 7.80. The van der Waals surface area contributed by atoms with Gasteiger partial charge in [0.25, 0.3) is 5.56 Å². The molecule has 1 unspecified atom stereocenters. The minimum atomic E-state index is -1.72. The quantitative estimate of drug-likeness (QED) is 0.278. The highest BCUT2D eigenvalue weighted by Crippen LogP contribution is 2.30. The smallest absolute Gasteiger partial charge is 0.330 e. The molecular weight excluding hydrogens is 348 g/mol. The molecule has 10 heteroatoms. The number of benzene rings is 1. The lowest BCUT2D eigenvalue weighted by Gasteiger charge is -2.20. The van der Waals surface area contributed by atoms with E-state index < -0.39 is 42.1 Å². The molecule has 0 amide bonds. The Morgan fingerprint density at radius 3 is 2.58 bits per heavy atom. The Kier molecular flexibility index (Phi) is 5.61. The number of nitrogens with zero attached hydrogens (tertiary/aromatic N) is 1. The van der Waals surface area contributed by atoms with Crippen LogP contribution in [-0.2, 0) is 21.1 Å². The van der Waals surface area contributed by atoms with Gasteiger partial charge in [-0.15, -0.1) is 0 Å². The van der Waals surface area contributed by atoms with Gasteiger partial charge in [0.2, 0.25) is 6.29 Å². The number of nitrogens with one attached hydrogen (secondary N) is 1. The van der Waals surface area contributed by atoms with Crippen LogP contribution in [0.1, 0.15) is 11.8 Å². The van der Waals surface area contributed by atoms with Crippen molar-refractivity contribution in [2.75, 3.05) is 0 Å². The summed E-state index contributed by atoms with van der Waals surface area (Å²) in [5.74, 6) is 0. The lowest BCUT2D eigenvalue weighted by molar-refractivity contribution is -0.397. The average molecular weight is 366 g/mol. The van der Waals surface area contributed by atoms with Gasteiger partial charge >= 0.3 is 5.69 Å². The lowest BCUT2D eigenvalue weighted by atomic mass is 10.1. The molecule has 2 heterocycles. The second-order valence-electron chi connectivity index (χ2n) is 5.72. The monoisotopic (exact) mass is 366 g/mol. The van der Waals surface area contributed by atoms with Crippen LogP contribution in [-0.4, -0.2) is 49.5 Å². The molecule has 0 spiro atoms. The van der Waals surface area contributed by atoms with Gasteiger partial charge in [-0.05, 0) is 5.56 Å². The molecule has 26 heavy (non-hydrogen) atoms. The van der Waals surface area contributed by atoms with E-state index in [-0.39, 0.29) is 6.61 Å². The molecule has 3 rings (SSSR count). The van der Waals surface area contributed by atoms with Crippen LogP contribution in [0.15, 0.2) is 52.2 Å². The van der Waals surface area contributed by atoms with Crippen molar-refractivity contribution in [2.45, 2.75) is 37.4 Å². The topological polar surface area (TPSA) is 143 Å². The molecule has 0 saturated carbocycles. The standard InChI is InChI=1S/C16H18N2O8/c19-10-6-7-18(16(23)17-10)14-12(21)11(20)13(25-14)15(22)26-24-8-9-4-2-1-3-5-9/h1-7,11-15,20-22H,8H2,(H,17,19,23)/t11-,12+,13-,14+,15?/m0/s1. The van der Waals surface area contributed by atoms with Crippen LogP contribution in [0.3, 0.4) is 0 Å². The van der Waals surface area contributed by atoms with Crippen molar-refractivity contribution in [3.05, 3.63) is 69.0 Å². The zero-order valence-electron chi connectivity index (χ0n) is 13.5. The number of hydrogen-bond donors (Lipinski definition) is 4. The first-order valence-electron chi connectivity index (χ1n) is 7.80. The number of rotatable bonds is 6. The molecule has 1 aromatic heterocycles. The van der Waals surface area contributed by atoms with Crippen LogP contribution < -0.4 is 11.2 Å². The van der Waals surface area contributed by atoms with E-state index in [0.29, 0.717) is 0 Å². The highest BCUT2D eigenvalue weighted by molar-refractivity contribution is 5.13.